The topological polar surface area (TPSA) is 114 Å². The number of carbonyl (C=O) groups is 2. The van der Waals surface area contributed by atoms with Crippen LogP contribution in [0.2, 0.25) is 0 Å². The second-order valence-electron chi connectivity index (χ2n) is 6.99. The molecule has 2 amide bonds. The van der Waals surface area contributed by atoms with Gasteiger partial charge in [-0.15, -0.1) is 0 Å². The molecular weight excluding hydrogens is 406 g/mol. The lowest BCUT2D eigenvalue weighted by Crippen LogP contribution is -2.27. The van der Waals surface area contributed by atoms with Crippen molar-refractivity contribution in [2.24, 2.45) is 0 Å². The van der Waals surface area contributed by atoms with E-state index < -0.39 is 10.0 Å². The van der Waals surface area contributed by atoms with E-state index in [0.717, 1.165) is 29.7 Å². The van der Waals surface area contributed by atoms with Crippen molar-refractivity contribution in [3.8, 4) is 0 Å². The molecule has 8 nitrogen and oxygen atoms in total. The van der Waals surface area contributed by atoms with Gasteiger partial charge in [0.1, 0.15) is 0 Å². The summed E-state index contributed by atoms with van der Waals surface area (Å²) >= 11 is 0. The molecule has 0 radical (unpaired) electrons. The predicted molar refractivity (Wildman–Crippen MR) is 113 cm³/mol. The number of hydrogen-bond acceptors (Lipinski definition) is 5. The van der Waals surface area contributed by atoms with Crippen LogP contribution in [0.5, 0.6) is 0 Å². The number of rotatable bonds is 8. The zero-order valence-corrected chi connectivity index (χ0v) is 17.6. The summed E-state index contributed by atoms with van der Waals surface area (Å²) in [7, 11) is -2.09. The first-order valence-electron chi connectivity index (χ1n) is 9.67. The first-order valence-corrected chi connectivity index (χ1v) is 11.2. The largest absolute Gasteiger partial charge is 0.383 e. The van der Waals surface area contributed by atoms with E-state index in [1.54, 1.807) is 30.3 Å². The fourth-order valence-electron chi connectivity index (χ4n) is 3.15. The molecule has 0 aromatic heterocycles. The van der Waals surface area contributed by atoms with Crippen molar-refractivity contribution < 1.29 is 22.7 Å². The Hall–Kier alpha value is -2.75. The van der Waals surface area contributed by atoms with Crippen LogP contribution in [0, 0.1) is 0 Å². The van der Waals surface area contributed by atoms with E-state index >= 15 is 0 Å². The summed E-state index contributed by atoms with van der Waals surface area (Å²) in [5.74, 6) is -0.239. The van der Waals surface area contributed by atoms with Crippen molar-refractivity contribution in [3.05, 3.63) is 59.2 Å². The first kappa shape index (κ1) is 21.9. The summed E-state index contributed by atoms with van der Waals surface area (Å²) < 4.78 is 31.6. The molecule has 0 spiro atoms. The molecule has 0 unspecified atom stereocenters. The Morgan fingerprint density at radius 2 is 1.90 bits per heavy atom. The van der Waals surface area contributed by atoms with Crippen LogP contribution < -0.4 is 15.4 Å². The third-order valence-corrected chi connectivity index (χ3v) is 6.25. The van der Waals surface area contributed by atoms with Crippen molar-refractivity contribution in [3.63, 3.8) is 0 Å². The molecule has 1 aliphatic heterocycles. The van der Waals surface area contributed by atoms with E-state index in [-0.39, 0.29) is 29.8 Å². The number of methoxy groups -OCH3 is 1. The van der Waals surface area contributed by atoms with E-state index in [1.165, 1.54) is 19.2 Å². The molecular formula is C21H25N3O5S. The van der Waals surface area contributed by atoms with E-state index in [4.69, 9.17) is 4.74 Å². The van der Waals surface area contributed by atoms with Gasteiger partial charge in [0.25, 0.3) is 5.91 Å². The van der Waals surface area contributed by atoms with Crippen LogP contribution in [0.25, 0.3) is 0 Å². The molecule has 160 valence electrons. The van der Waals surface area contributed by atoms with Gasteiger partial charge in [0, 0.05) is 37.9 Å². The average molecular weight is 432 g/mol. The lowest BCUT2D eigenvalue weighted by atomic mass is 10.0. The molecule has 0 bridgehead atoms. The molecule has 30 heavy (non-hydrogen) atoms. The van der Waals surface area contributed by atoms with Crippen molar-refractivity contribution in [2.45, 2.75) is 30.7 Å². The monoisotopic (exact) mass is 431 g/mol. The lowest BCUT2D eigenvalue weighted by molar-refractivity contribution is -0.116. The molecule has 3 rings (SSSR count). The van der Waals surface area contributed by atoms with Crippen LogP contribution in [0.15, 0.2) is 47.4 Å². The van der Waals surface area contributed by atoms with Gasteiger partial charge < -0.3 is 15.4 Å². The van der Waals surface area contributed by atoms with Crippen LogP contribution >= 0.6 is 0 Å². The standard InChI is InChI=1S/C21H25N3O5S/c1-29-12-11-23-30(27,28)18-8-5-15(6-9-18)14-22-21(26)17-7-10-19-16(13-17)3-2-4-20(25)24-19/h5-10,13,23H,2-4,11-12,14H2,1H3,(H,22,26)(H,24,25). The van der Waals surface area contributed by atoms with Gasteiger partial charge in [-0.2, -0.15) is 0 Å². The smallest absolute Gasteiger partial charge is 0.251 e. The minimum atomic E-state index is -3.59. The Kier molecular flexibility index (Phi) is 7.20. The number of carbonyl (C=O) groups excluding carboxylic acids is 2. The molecule has 1 heterocycles. The van der Waals surface area contributed by atoms with Crippen molar-refractivity contribution in [1.82, 2.24) is 10.0 Å². The number of benzene rings is 2. The Morgan fingerprint density at radius 1 is 1.13 bits per heavy atom. The Morgan fingerprint density at radius 3 is 2.63 bits per heavy atom. The molecule has 0 saturated carbocycles. The number of anilines is 1. The fourth-order valence-corrected chi connectivity index (χ4v) is 4.16. The van der Waals surface area contributed by atoms with Crippen molar-refractivity contribution >= 4 is 27.5 Å². The van der Waals surface area contributed by atoms with Gasteiger partial charge in [-0.05, 0) is 54.3 Å². The normalized spacial score (nSPS) is 13.8. The van der Waals surface area contributed by atoms with Crippen LogP contribution in [-0.2, 0) is 32.5 Å². The molecule has 0 fully saturated rings. The highest BCUT2D eigenvalue weighted by Gasteiger charge is 2.16. The van der Waals surface area contributed by atoms with Gasteiger partial charge in [-0.1, -0.05) is 12.1 Å². The van der Waals surface area contributed by atoms with Crippen LogP contribution in [-0.4, -0.2) is 40.5 Å². The highest BCUT2D eigenvalue weighted by atomic mass is 32.2. The Balaban J connectivity index is 1.60. The quantitative estimate of drug-likeness (QED) is 0.552. The number of amides is 2. The lowest BCUT2D eigenvalue weighted by Gasteiger charge is -2.11. The number of ether oxygens (including phenoxy) is 1. The highest BCUT2D eigenvalue weighted by molar-refractivity contribution is 7.89. The second-order valence-corrected chi connectivity index (χ2v) is 8.76. The number of aryl methyl sites for hydroxylation is 1. The molecule has 1 aliphatic rings. The van der Waals surface area contributed by atoms with E-state index in [9.17, 15) is 18.0 Å². The number of nitrogens with one attached hydrogen (secondary N) is 3. The average Bonchev–Trinajstić information content (AvgIpc) is 2.92. The van der Waals surface area contributed by atoms with E-state index in [0.29, 0.717) is 18.6 Å². The molecule has 2 aromatic carbocycles. The summed E-state index contributed by atoms with van der Waals surface area (Å²) in [6.45, 7) is 0.754. The first-order chi connectivity index (χ1) is 14.4. The zero-order valence-electron chi connectivity index (χ0n) is 16.7. The predicted octanol–water partition coefficient (Wildman–Crippen LogP) is 1.82. The highest BCUT2D eigenvalue weighted by Crippen LogP contribution is 2.23. The molecule has 3 N–H and O–H groups in total. The Bertz CT molecular complexity index is 1020. The van der Waals surface area contributed by atoms with Gasteiger partial charge in [-0.3, -0.25) is 9.59 Å². The minimum absolute atomic E-state index is 0.00897. The number of fused-ring (bicyclic) bond motifs is 1. The fraction of sp³-hybridized carbons (Fsp3) is 0.333. The van der Waals surface area contributed by atoms with E-state index in [2.05, 4.69) is 15.4 Å². The maximum absolute atomic E-state index is 12.5. The molecule has 0 saturated heterocycles. The summed E-state index contributed by atoms with van der Waals surface area (Å²) in [6.07, 6.45) is 1.97. The van der Waals surface area contributed by atoms with Crippen LogP contribution in [0.4, 0.5) is 5.69 Å². The Labute approximate surface area is 176 Å². The summed E-state index contributed by atoms with van der Waals surface area (Å²) in [5, 5.41) is 5.69. The molecule has 9 heteroatoms. The number of sulfonamides is 1. The van der Waals surface area contributed by atoms with Gasteiger partial charge in [0.2, 0.25) is 15.9 Å². The molecule has 0 aliphatic carbocycles. The summed E-state index contributed by atoms with van der Waals surface area (Å²) in [4.78, 5) is 24.3. The molecule has 2 aromatic rings. The third kappa shape index (κ3) is 5.65. The second kappa shape index (κ2) is 9.84. The van der Waals surface area contributed by atoms with Crippen molar-refractivity contribution in [2.75, 3.05) is 25.6 Å². The maximum Gasteiger partial charge on any atom is 0.251 e. The van der Waals surface area contributed by atoms with Gasteiger partial charge in [0.05, 0.1) is 11.5 Å². The van der Waals surface area contributed by atoms with Gasteiger partial charge in [0.15, 0.2) is 0 Å². The SMILES string of the molecule is COCCNS(=O)(=O)c1ccc(CNC(=O)c2ccc3c(c2)CCCC(=O)N3)cc1. The summed E-state index contributed by atoms with van der Waals surface area (Å²) in [5.41, 5.74) is 3.00. The summed E-state index contributed by atoms with van der Waals surface area (Å²) in [6, 6.07) is 11.6. The zero-order chi connectivity index (χ0) is 21.6. The van der Waals surface area contributed by atoms with Crippen LogP contribution in [0.1, 0.15) is 34.3 Å². The van der Waals surface area contributed by atoms with Gasteiger partial charge >= 0.3 is 0 Å². The maximum atomic E-state index is 12.5. The number of hydrogen-bond donors (Lipinski definition) is 3. The van der Waals surface area contributed by atoms with E-state index in [1.807, 2.05) is 0 Å². The van der Waals surface area contributed by atoms with Crippen molar-refractivity contribution in [1.29, 1.82) is 0 Å². The molecule has 0 atom stereocenters. The third-order valence-electron chi connectivity index (χ3n) is 4.78. The minimum Gasteiger partial charge on any atom is -0.383 e. The van der Waals surface area contributed by atoms with Crippen LogP contribution in [0.3, 0.4) is 0 Å². The van der Waals surface area contributed by atoms with Gasteiger partial charge in [-0.25, -0.2) is 13.1 Å².